The number of rotatable bonds is 4. The van der Waals surface area contributed by atoms with E-state index in [1.807, 2.05) is 0 Å². The van der Waals surface area contributed by atoms with Gasteiger partial charge in [0.15, 0.2) is 0 Å². The zero-order valence-electron chi connectivity index (χ0n) is 14.5. The molecule has 3 aromatic carbocycles. The van der Waals surface area contributed by atoms with E-state index >= 15 is 0 Å². The van der Waals surface area contributed by atoms with Crippen molar-refractivity contribution in [1.82, 2.24) is 0 Å². The Labute approximate surface area is 169 Å². The number of thioether (sulfide) groups is 2. The summed E-state index contributed by atoms with van der Waals surface area (Å²) in [4.78, 5) is 28.5. The summed E-state index contributed by atoms with van der Waals surface area (Å²) in [6.45, 7) is 0. The van der Waals surface area contributed by atoms with E-state index in [2.05, 4.69) is 0 Å². The molecule has 28 heavy (non-hydrogen) atoms. The van der Waals surface area contributed by atoms with Gasteiger partial charge in [-0.2, -0.15) is 0 Å². The quantitative estimate of drug-likeness (QED) is 0.615. The minimum Gasteiger partial charge on any atom is -0.508 e. The number of Topliss-reactive ketones (excluding diaryl/α,β-unsaturated/α-hetero) is 2. The van der Waals surface area contributed by atoms with E-state index < -0.39 is 0 Å². The number of hydrogen-bond donors (Lipinski definition) is 2. The van der Waals surface area contributed by atoms with E-state index in [0.29, 0.717) is 20.9 Å². The smallest absolute Gasteiger partial charge is 0.201 e. The van der Waals surface area contributed by atoms with Crippen LogP contribution in [0.25, 0.3) is 0 Å². The van der Waals surface area contributed by atoms with E-state index in [-0.39, 0.29) is 23.1 Å². The van der Waals surface area contributed by atoms with Crippen molar-refractivity contribution in [3.8, 4) is 11.5 Å². The molecule has 0 bridgehead atoms. The molecule has 1 aliphatic rings. The van der Waals surface area contributed by atoms with Crippen molar-refractivity contribution in [2.24, 2.45) is 0 Å². The van der Waals surface area contributed by atoms with Crippen LogP contribution in [0.15, 0.2) is 92.4 Å². The molecule has 4 rings (SSSR count). The lowest BCUT2D eigenvalue weighted by atomic mass is 9.94. The first-order valence-electron chi connectivity index (χ1n) is 8.39. The summed E-state index contributed by atoms with van der Waals surface area (Å²) in [7, 11) is 0. The van der Waals surface area contributed by atoms with Crippen molar-refractivity contribution in [3.63, 3.8) is 0 Å². The van der Waals surface area contributed by atoms with Gasteiger partial charge in [0.2, 0.25) is 11.6 Å². The summed E-state index contributed by atoms with van der Waals surface area (Å²) < 4.78 is 0. The van der Waals surface area contributed by atoms with Gasteiger partial charge in [-0.3, -0.25) is 9.59 Å². The first kappa shape index (κ1) is 18.4. The normalized spacial score (nSPS) is 13.6. The molecule has 6 heteroatoms. The lowest BCUT2D eigenvalue weighted by Crippen LogP contribution is -2.19. The SMILES string of the molecule is O=C1C(Sc2ccc(O)cc2)=C(Sc2ccc(O)cc2)C(=O)c2ccccc21. The third-order valence-electron chi connectivity index (χ3n) is 4.15. The van der Waals surface area contributed by atoms with Crippen LogP contribution in [-0.2, 0) is 0 Å². The minimum absolute atomic E-state index is 0.133. The highest BCUT2D eigenvalue weighted by Gasteiger charge is 2.33. The van der Waals surface area contributed by atoms with Crippen LogP contribution >= 0.6 is 23.5 Å². The number of benzene rings is 3. The molecule has 1 aliphatic carbocycles. The largest absolute Gasteiger partial charge is 0.508 e. The number of ketones is 2. The van der Waals surface area contributed by atoms with E-state index in [4.69, 9.17) is 0 Å². The van der Waals surface area contributed by atoms with E-state index in [1.165, 1.54) is 23.5 Å². The van der Waals surface area contributed by atoms with Crippen molar-refractivity contribution in [3.05, 3.63) is 93.7 Å². The molecule has 0 aromatic heterocycles. The maximum absolute atomic E-state index is 13.2. The molecular weight excluding hydrogens is 392 g/mol. The Hall–Kier alpha value is -2.96. The highest BCUT2D eigenvalue weighted by molar-refractivity contribution is 8.08. The molecule has 0 atom stereocenters. The van der Waals surface area contributed by atoms with Gasteiger partial charge < -0.3 is 10.2 Å². The van der Waals surface area contributed by atoms with Crippen LogP contribution in [0.5, 0.6) is 11.5 Å². The lowest BCUT2D eigenvalue weighted by molar-refractivity contribution is 0.0988. The number of carbonyl (C=O) groups excluding carboxylic acids is 2. The molecule has 0 aliphatic heterocycles. The maximum Gasteiger partial charge on any atom is 0.201 e. The molecule has 0 radical (unpaired) electrons. The molecule has 0 saturated heterocycles. The number of phenols is 2. The van der Waals surface area contributed by atoms with Crippen molar-refractivity contribution >= 4 is 35.1 Å². The number of carbonyl (C=O) groups is 2. The predicted octanol–water partition coefficient (Wildman–Crippen LogP) is 5.27. The van der Waals surface area contributed by atoms with E-state index in [9.17, 15) is 19.8 Å². The zero-order chi connectivity index (χ0) is 19.7. The van der Waals surface area contributed by atoms with Gasteiger partial charge in [-0.15, -0.1) is 0 Å². The Morgan fingerprint density at radius 3 is 1.25 bits per heavy atom. The molecule has 0 unspecified atom stereocenters. The molecule has 4 nitrogen and oxygen atoms in total. The number of allylic oxidation sites excluding steroid dienone is 2. The Morgan fingerprint density at radius 2 is 0.893 bits per heavy atom. The van der Waals surface area contributed by atoms with Gasteiger partial charge in [0.1, 0.15) is 11.5 Å². The molecule has 0 amide bonds. The van der Waals surface area contributed by atoms with E-state index in [0.717, 1.165) is 9.79 Å². The fraction of sp³-hybridized carbons (Fsp3) is 0. The topological polar surface area (TPSA) is 74.6 Å². The fourth-order valence-electron chi connectivity index (χ4n) is 2.78. The van der Waals surface area contributed by atoms with Gasteiger partial charge >= 0.3 is 0 Å². The highest BCUT2D eigenvalue weighted by atomic mass is 32.2. The Kier molecular flexibility index (Phi) is 4.98. The number of fused-ring (bicyclic) bond motifs is 1. The Bertz CT molecular complexity index is 1010. The molecule has 0 saturated carbocycles. The first-order chi connectivity index (χ1) is 13.5. The maximum atomic E-state index is 13.2. The molecule has 138 valence electrons. The summed E-state index contributed by atoms with van der Waals surface area (Å²) in [5, 5.41) is 19.0. The third-order valence-corrected chi connectivity index (χ3v) is 6.48. The minimum atomic E-state index is -0.199. The lowest BCUT2D eigenvalue weighted by Gasteiger charge is -2.20. The number of aromatic hydroxyl groups is 2. The summed E-state index contributed by atoms with van der Waals surface area (Å²) >= 11 is 2.41. The third kappa shape index (κ3) is 3.56. The van der Waals surface area contributed by atoms with Crippen LogP contribution in [0.1, 0.15) is 20.7 Å². The predicted molar refractivity (Wildman–Crippen MR) is 110 cm³/mol. The Balaban J connectivity index is 1.80. The summed E-state index contributed by atoms with van der Waals surface area (Å²) in [5.41, 5.74) is 0.785. The second kappa shape index (κ2) is 7.58. The molecule has 0 spiro atoms. The summed E-state index contributed by atoms with van der Waals surface area (Å²) in [6, 6.07) is 19.8. The van der Waals surface area contributed by atoms with Crippen LogP contribution in [0, 0.1) is 0 Å². The summed E-state index contributed by atoms with van der Waals surface area (Å²) in [6.07, 6.45) is 0. The molecule has 0 fully saturated rings. The van der Waals surface area contributed by atoms with Crippen molar-refractivity contribution < 1.29 is 19.8 Å². The van der Waals surface area contributed by atoms with Gasteiger partial charge in [-0.25, -0.2) is 0 Å². The van der Waals surface area contributed by atoms with Crippen LogP contribution in [0.3, 0.4) is 0 Å². The van der Waals surface area contributed by atoms with E-state index in [1.54, 1.807) is 72.8 Å². The zero-order valence-corrected chi connectivity index (χ0v) is 16.1. The van der Waals surface area contributed by atoms with Crippen LogP contribution < -0.4 is 0 Å². The van der Waals surface area contributed by atoms with Crippen LogP contribution in [0.2, 0.25) is 0 Å². The average Bonchev–Trinajstić information content (AvgIpc) is 2.71. The second-order valence-electron chi connectivity index (χ2n) is 6.05. The monoisotopic (exact) mass is 406 g/mol. The van der Waals surface area contributed by atoms with Gasteiger partial charge in [-0.1, -0.05) is 47.8 Å². The van der Waals surface area contributed by atoms with Gasteiger partial charge in [0.25, 0.3) is 0 Å². The number of hydrogen-bond acceptors (Lipinski definition) is 6. The molecule has 3 aromatic rings. The van der Waals surface area contributed by atoms with Gasteiger partial charge in [-0.05, 0) is 48.5 Å². The van der Waals surface area contributed by atoms with Crippen LogP contribution in [-0.4, -0.2) is 21.8 Å². The molecular formula is C22H14O4S2. The average molecular weight is 406 g/mol. The van der Waals surface area contributed by atoms with Gasteiger partial charge in [0.05, 0.1) is 9.81 Å². The fourth-order valence-corrected chi connectivity index (χ4v) is 4.82. The molecule has 0 heterocycles. The number of phenolic OH excluding ortho intramolecular Hbond substituents is 2. The van der Waals surface area contributed by atoms with Crippen molar-refractivity contribution in [2.45, 2.75) is 9.79 Å². The highest BCUT2D eigenvalue weighted by Crippen LogP contribution is 2.43. The summed E-state index contributed by atoms with van der Waals surface area (Å²) in [5.74, 6) is -0.133. The second-order valence-corrected chi connectivity index (χ2v) is 8.22. The van der Waals surface area contributed by atoms with Crippen molar-refractivity contribution in [1.29, 1.82) is 0 Å². The van der Waals surface area contributed by atoms with Crippen molar-refractivity contribution in [2.75, 3.05) is 0 Å². The van der Waals surface area contributed by atoms with Crippen LogP contribution in [0.4, 0.5) is 0 Å². The Morgan fingerprint density at radius 1 is 0.536 bits per heavy atom. The van der Waals surface area contributed by atoms with Gasteiger partial charge in [0, 0.05) is 20.9 Å². The first-order valence-corrected chi connectivity index (χ1v) is 10.0. The molecule has 2 N–H and O–H groups in total. The standard InChI is InChI=1S/C22H14O4S2/c23-13-5-9-15(10-6-13)27-21-19(25)17-3-1-2-4-18(17)20(26)22(21)28-16-11-7-14(24)8-12-16/h1-12,23-24H.